The molecule has 0 radical (unpaired) electrons. The van der Waals surface area contributed by atoms with Crippen molar-refractivity contribution in [1.29, 1.82) is 0 Å². The van der Waals surface area contributed by atoms with Gasteiger partial charge in [0.25, 0.3) is 0 Å². The maximum atomic E-state index is 10.8. The summed E-state index contributed by atoms with van der Waals surface area (Å²) in [6.45, 7) is 3.35. The second-order valence-corrected chi connectivity index (χ2v) is 4.79. The van der Waals surface area contributed by atoms with Gasteiger partial charge >= 0.3 is 5.97 Å². The Morgan fingerprint density at radius 3 is 2.88 bits per heavy atom. The quantitative estimate of drug-likeness (QED) is 0.746. The minimum absolute atomic E-state index is 0.0563. The van der Waals surface area contributed by atoms with Crippen LogP contribution in [-0.4, -0.2) is 17.6 Å². The number of carboxylic acids is 1. The van der Waals surface area contributed by atoms with Crippen molar-refractivity contribution in [3.05, 3.63) is 23.2 Å². The Labute approximate surface area is 101 Å². The van der Waals surface area contributed by atoms with Crippen molar-refractivity contribution in [1.82, 2.24) is 5.32 Å². The van der Waals surface area contributed by atoms with Crippen LogP contribution < -0.4 is 5.32 Å². The highest BCUT2D eigenvalue weighted by Gasteiger charge is 2.17. The van der Waals surface area contributed by atoms with Gasteiger partial charge in [-0.3, -0.25) is 0 Å². The summed E-state index contributed by atoms with van der Waals surface area (Å²) in [5.74, 6) is 0.660. The van der Waals surface area contributed by atoms with Gasteiger partial charge in [-0.05, 0) is 31.9 Å². The Morgan fingerprint density at radius 1 is 1.59 bits per heavy atom. The number of carboxylic acid groups (broad SMARTS) is 1. The largest absolute Gasteiger partial charge is 0.475 e. The van der Waals surface area contributed by atoms with Crippen LogP contribution in [0.1, 0.15) is 47.6 Å². The molecular formula is C13H19NO3. The third kappa shape index (κ3) is 3.09. The van der Waals surface area contributed by atoms with Gasteiger partial charge < -0.3 is 14.8 Å². The number of carbonyl (C=O) groups is 1. The standard InChI is InChI=1S/C13H19NO3/c1-9-7-11(17-12(9)13(15)16)8-14-6-5-10-3-2-4-10/h7,10,14H,2-6,8H2,1H3,(H,15,16). The van der Waals surface area contributed by atoms with E-state index in [1.54, 1.807) is 13.0 Å². The molecule has 1 aromatic heterocycles. The Balaban J connectivity index is 1.74. The zero-order chi connectivity index (χ0) is 12.3. The zero-order valence-corrected chi connectivity index (χ0v) is 10.2. The van der Waals surface area contributed by atoms with Crippen molar-refractivity contribution in [3.8, 4) is 0 Å². The fraction of sp³-hybridized carbons (Fsp3) is 0.615. The Kier molecular flexibility index (Phi) is 3.84. The lowest BCUT2D eigenvalue weighted by Gasteiger charge is -2.25. The van der Waals surface area contributed by atoms with Gasteiger partial charge in [0.15, 0.2) is 0 Å². The van der Waals surface area contributed by atoms with E-state index in [0.717, 1.165) is 12.5 Å². The molecule has 94 valence electrons. The third-order valence-corrected chi connectivity index (χ3v) is 3.42. The van der Waals surface area contributed by atoms with Crippen molar-refractivity contribution in [3.63, 3.8) is 0 Å². The Hall–Kier alpha value is -1.29. The first-order valence-corrected chi connectivity index (χ1v) is 6.20. The molecule has 1 aliphatic carbocycles. The van der Waals surface area contributed by atoms with Gasteiger partial charge in [0.1, 0.15) is 5.76 Å². The SMILES string of the molecule is Cc1cc(CNCCC2CCC2)oc1C(=O)O. The molecule has 1 aromatic rings. The zero-order valence-electron chi connectivity index (χ0n) is 10.2. The Morgan fingerprint density at radius 2 is 2.35 bits per heavy atom. The molecule has 0 aliphatic heterocycles. The summed E-state index contributed by atoms with van der Waals surface area (Å²) >= 11 is 0. The van der Waals surface area contributed by atoms with Gasteiger partial charge in [-0.15, -0.1) is 0 Å². The van der Waals surface area contributed by atoms with Crippen LogP contribution in [0, 0.1) is 12.8 Å². The monoisotopic (exact) mass is 237 g/mol. The molecular weight excluding hydrogens is 218 g/mol. The molecule has 1 fully saturated rings. The minimum Gasteiger partial charge on any atom is -0.475 e. The molecule has 1 heterocycles. The Bertz CT molecular complexity index is 393. The molecule has 0 bridgehead atoms. The van der Waals surface area contributed by atoms with Crippen LogP contribution in [-0.2, 0) is 6.54 Å². The number of hydrogen-bond donors (Lipinski definition) is 2. The first-order valence-electron chi connectivity index (χ1n) is 6.20. The van der Waals surface area contributed by atoms with E-state index in [9.17, 15) is 4.79 Å². The van der Waals surface area contributed by atoms with Gasteiger partial charge in [0, 0.05) is 5.56 Å². The van der Waals surface area contributed by atoms with Crippen LogP contribution in [0.2, 0.25) is 0 Å². The summed E-state index contributed by atoms with van der Waals surface area (Å²) in [7, 11) is 0. The highest BCUT2D eigenvalue weighted by Crippen LogP contribution is 2.28. The predicted molar refractivity (Wildman–Crippen MR) is 64.1 cm³/mol. The maximum Gasteiger partial charge on any atom is 0.372 e. The normalized spacial score (nSPS) is 15.8. The first-order chi connectivity index (χ1) is 8.16. The second kappa shape index (κ2) is 5.36. The van der Waals surface area contributed by atoms with E-state index < -0.39 is 5.97 Å². The molecule has 4 heteroatoms. The lowest BCUT2D eigenvalue weighted by Crippen LogP contribution is -2.20. The molecule has 17 heavy (non-hydrogen) atoms. The molecule has 2 rings (SSSR count). The molecule has 0 spiro atoms. The average molecular weight is 237 g/mol. The summed E-state index contributed by atoms with van der Waals surface area (Å²) in [6, 6.07) is 1.79. The van der Waals surface area contributed by atoms with Crippen molar-refractivity contribution in [2.45, 2.75) is 39.2 Å². The highest BCUT2D eigenvalue weighted by atomic mass is 16.4. The van der Waals surface area contributed by atoms with Gasteiger partial charge in [0.2, 0.25) is 5.76 Å². The van der Waals surface area contributed by atoms with Crippen molar-refractivity contribution < 1.29 is 14.3 Å². The predicted octanol–water partition coefficient (Wildman–Crippen LogP) is 2.57. The lowest BCUT2D eigenvalue weighted by atomic mass is 9.83. The number of aromatic carboxylic acids is 1. The lowest BCUT2D eigenvalue weighted by molar-refractivity contribution is 0.0659. The number of rotatable bonds is 6. The number of aryl methyl sites for hydroxylation is 1. The maximum absolute atomic E-state index is 10.8. The molecule has 4 nitrogen and oxygen atoms in total. The smallest absolute Gasteiger partial charge is 0.372 e. The topological polar surface area (TPSA) is 62.5 Å². The summed E-state index contributed by atoms with van der Waals surface area (Å²) in [4.78, 5) is 10.8. The van der Waals surface area contributed by atoms with Gasteiger partial charge in [-0.25, -0.2) is 4.79 Å². The van der Waals surface area contributed by atoms with E-state index in [2.05, 4.69) is 5.32 Å². The number of nitrogens with one attached hydrogen (secondary N) is 1. The molecule has 0 aromatic carbocycles. The fourth-order valence-corrected chi connectivity index (χ4v) is 2.15. The van der Waals surface area contributed by atoms with E-state index in [1.165, 1.54) is 25.7 Å². The summed E-state index contributed by atoms with van der Waals surface area (Å²) in [5, 5.41) is 12.1. The van der Waals surface area contributed by atoms with Crippen LogP contribution in [0.5, 0.6) is 0 Å². The molecule has 0 atom stereocenters. The molecule has 0 saturated heterocycles. The van der Waals surface area contributed by atoms with Crippen LogP contribution in [0.3, 0.4) is 0 Å². The molecule has 1 saturated carbocycles. The highest BCUT2D eigenvalue weighted by molar-refractivity contribution is 5.86. The van der Waals surface area contributed by atoms with Crippen LogP contribution in [0.4, 0.5) is 0 Å². The minimum atomic E-state index is -0.997. The van der Waals surface area contributed by atoms with Crippen LogP contribution >= 0.6 is 0 Å². The van der Waals surface area contributed by atoms with E-state index >= 15 is 0 Å². The number of hydrogen-bond acceptors (Lipinski definition) is 3. The molecule has 0 amide bonds. The average Bonchev–Trinajstić information content (AvgIpc) is 2.57. The molecule has 0 unspecified atom stereocenters. The number of furan rings is 1. The first kappa shape index (κ1) is 12.2. The van der Waals surface area contributed by atoms with E-state index in [1.807, 2.05) is 0 Å². The molecule has 1 aliphatic rings. The van der Waals surface area contributed by atoms with Gasteiger partial charge in [-0.1, -0.05) is 19.3 Å². The fourth-order valence-electron chi connectivity index (χ4n) is 2.15. The van der Waals surface area contributed by atoms with Crippen LogP contribution in [0.15, 0.2) is 10.5 Å². The summed E-state index contributed by atoms with van der Waals surface area (Å²) < 4.78 is 5.26. The van der Waals surface area contributed by atoms with Gasteiger partial charge in [0.05, 0.1) is 6.54 Å². The van der Waals surface area contributed by atoms with Crippen molar-refractivity contribution >= 4 is 5.97 Å². The summed E-state index contributed by atoms with van der Waals surface area (Å²) in [5.41, 5.74) is 0.688. The van der Waals surface area contributed by atoms with E-state index in [4.69, 9.17) is 9.52 Å². The second-order valence-electron chi connectivity index (χ2n) is 4.79. The van der Waals surface area contributed by atoms with Crippen molar-refractivity contribution in [2.75, 3.05) is 6.54 Å². The van der Waals surface area contributed by atoms with E-state index in [0.29, 0.717) is 17.9 Å². The third-order valence-electron chi connectivity index (χ3n) is 3.42. The molecule has 2 N–H and O–H groups in total. The van der Waals surface area contributed by atoms with Crippen LogP contribution in [0.25, 0.3) is 0 Å². The summed E-state index contributed by atoms with van der Waals surface area (Å²) in [6.07, 6.45) is 5.32. The van der Waals surface area contributed by atoms with Crippen molar-refractivity contribution in [2.24, 2.45) is 5.92 Å². The van der Waals surface area contributed by atoms with Gasteiger partial charge in [-0.2, -0.15) is 0 Å². The van der Waals surface area contributed by atoms with E-state index in [-0.39, 0.29) is 5.76 Å².